The lowest BCUT2D eigenvalue weighted by molar-refractivity contribution is 1.06. The van der Waals surface area contributed by atoms with Gasteiger partial charge in [0, 0.05) is 18.3 Å². The van der Waals surface area contributed by atoms with E-state index in [0.717, 1.165) is 16.8 Å². The lowest BCUT2D eigenvalue weighted by Gasteiger charge is -2.08. The van der Waals surface area contributed by atoms with Crippen LogP contribution in [0.4, 0.5) is 5.95 Å². The van der Waals surface area contributed by atoms with Crippen LogP contribution >= 0.6 is 23.2 Å². The highest BCUT2D eigenvalue weighted by molar-refractivity contribution is 6.42. The van der Waals surface area contributed by atoms with Crippen LogP contribution in [-0.4, -0.2) is 9.97 Å². The molecule has 3 aromatic rings. The Morgan fingerprint density at radius 3 is 2.71 bits per heavy atom. The molecule has 0 aliphatic rings. The van der Waals surface area contributed by atoms with Crippen molar-refractivity contribution in [2.45, 2.75) is 6.54 Å². The molecular weight excluding hydrogens is 343 g/mol. The molecule has 0 radical (unpaired) electrons. The molecule has 0 saturated carbocycles. The summed E-state index contributed by atoms with van der Waals surface area (Å²) in [6, 6.07) is 16.7. The molecule has 0 fully saturated rings. The van der Waals surface area contributed by atoms with Crippen molar-refractivity contribution in [1.82, 2.24) is 9.97 Å². The molecule has 6 heteroatoms. The number of aromatic nitrogens is 2. The highest BCUT2D eigenvalue weighted by atomic mass is 35.5. The Morgan fingerprint density at radius 1 is 1.04 bits per heavy atom. The van der Waals surface area contributed by atoms with E-state index in [2.05, 4.69) is 21.4 Å². The molecule has 118 valence electrons. The molecule has 1 aromatic heterocycles. The predicted octanol–water partition coefficient (Wildman–Crippen LogP) is 4.93. The molecule has 1 heterocycles. The molecule has 0 spiro atoms. The zero-order chi connectivity index (χ0) is 16.9. The van der Waals surface area contributed by atoms with Crippen LogP contribution in [0.1, 0.15) is 11.1 Å². The third-order valence-corrected chi connectivity index (χ3v) is 4.12. The van der Waals surface area contributed by atoms with E-state index in [4.69, 9.17) is 28.5 Å². The first-order chi connectivity index (χ1) is 11.7. The fourth-order valence-electron chi connectivity index (χ4n) is 2.18. The maximum absolute atomic E-state index is 9.00. The van der Waals surface area contributed by atoms with E-state index in [-0.39, 0.29) is 0 Å². The van der Waals surface area contributed by atoms with E-state index >= 15 is 0 Å². The van der Waals surface area contributed by atoms with Gasteiger partial charge in [0.05, 0.1) is 27.4 Å². The number of nitrogens with one attached hydrogen (secondary N) is 1. The third-order valence-electron chi connectivity index (χ3n) is 3.38. The number of hydrogen-bond acceptors (Lipinski definition) is 4. The first-order valence-corrected chi connectivity index (χ1v) is 7.93. The summed E-state index contributed by atoms with van der Waals surface area (Å²) in [5.41, 5.74) is 3.19. The van der Waals surface area contributed by atoms with Crippen LogP contribution in [0.15, 0.2) is 54.7 Å². The number of anilines is 1. The largest absolute Gasteiger partial charge is 0.350 e. The van der Waals surface area contributed by atoms with Crippen molar-refractivity contribution < 1.29 is 0 Å². The van der Waals surface area contributed by atoms with Crippen molar-refractivity contribution >= 4 is 29.2 Å². The Morgan fingerprint density at radius 2 is 1.92 bits per heavy atom. The van der Waals surface area contributed by atoms with Crippen molar-refractivity contribution in [2.24, 2.45) is 0 Å². The lowest BCUT2D eigenvalue weighted by Crippen LogP contribution is -2.04. The highest BCUT2D eigenvalue weighted by Crippen LogP contribution is 2.23. The summed E-state index contributed by atoms with van der Waals surface area (Å²) in [4.78, 5) is 8.70. The molecule has 24 heavy (non-hydrogen) atoms. The third kappa shape index (κ3) is 3.83. The van der Waals surface area contributed by atoms with E-state index in [9.17, 15) is 0 Å². The molecule has 0 unspecified atom stereocenters. The number of hydrogen-bond donors (Lipinski definition) is 1. The second-order valence-corrected chi connectivity index (χ2v) is 5.87. The van der Waals surface area contributed by atoms with Crippen LogP contribution < -0.4 is 5.32 Å². The predicted molar refractivity (Wildman–Crippen MR) is 96.0 cm³/mol. The van der Waals surface area contributed by atoms with Crippen molar-refractivity contribution in [2.75, 3.05) is 5.32 Å². The van der Waals surface area contributed by atoms with Crippen molar-refractivity contribution in [1.29, 1.82) is 5.26 Å². The van der Waals surface area contributed by atoms with Gasteiger partial charge in [-0.15, -0.1) is 0 Å². The molecule has 0 saturated heterocycles. The Labute approximate surface area is 149 Å². The van der Waals surface area contributed by atoms with Crippen LogP contribution in [0.5, 0.6) is 0 Å². The minimum Gasteiger partial charge on any atom is -0.350 e. The Hall–Kier alpha value is -2.61. The van der Waals surface area contributed by atoms with Gasteiger partial charge >= 0.3 is 0 Å². The summed E-state index contributed by atoms with van der Waals surface area (Å²) in [6.07, 6.45) is 1.68. The molecule has 0 bridgehead atoms. The number of halogens is 2. The SMILES string of the molecule is N#Cc1cccc(-c2ccnc(NCc3ccc(Cl)c(Cl)c3)n2)c1. The first-order valence-electron chi connectivity index (χ1n) is 7.17. The van der Waals surface area contributed by atoms with E-state index in [0.29, 0.717) is 28.1 Å². The standard InChI is InChI=1S/C18H12Cl2N4/c19-15-5-4-13(9-16(15)20)11-23-18-22-7-6-17(24-18)14-3-1-2-12(8-14)10-21/h1-9H,11H2,(H,22,23,24). The summed E-state index contributed by atoms with van der Waals surface area (Å²) >= 11 is 11.9. The van der Waals surface area contributed by atoms with Gasteiger partial charge in [-0.1, -0.05) is 41.4 Å². The van der Waals surface area contributed by atoms with Gasteiger partial charge in [-0.3, -0.25) is 0 Å². The number of rotatable bonds is 4. The van der Waals surface area contributed by atoms with Gasteiger partial charge in [-0.2, -0.15) is 5.26 Å². The van der Waals surface area contributed by atoms with Gasteiger partial charge in [-0.25, -0.2) is 9.97 Å². The highest BCUT2D eigenvalue weighted by Gasteiger charge is 2.04. The van der Waals surface area contributed by atoms with Crippen molar-refractivity contribution in [3.8, 4) is 17.3 Å². The Balaban J connectivity index is 1.78. The van der Waals surface area contributed by atoms with Crippen LogP contribution in [0.3, 0.4) is 0 Å². The lowest BCUT2D eigenvalue weighted by atomic mass is 10.1. The van der Waals surface area contributed by atoms with Gasteiger partial charge in [0.15, 0.2) is 0 Å². The minimum atomic E-state index is 0.501. The Bertz CT molecular complexity index is 919. The molecule has 0 amide bonds. The van der Waals surface area contributed by atoms with E-state index in [1.165, 1.54) is 0 Å². The molecule has 3 rings (SSSR count). The fraction of sp³-hybridized carbons (Fsp3) is 0.0556. The van der Waals surface area contributed by atoms with Gasteiger partial charge < -0.3 is 5.32 Å². The Kier molecular flexibility index (Phi) is 4.95. The van der Waals surface area contributed by atoms with E-state index in [1.807, 2.05) is 18.2 Å². The number of nitriles is 1. The molecule has 4 nitrogen and oxygen atoms in total. The second kappa shape index (κ2) is 7.31. The topological polar surface area (TPSA) is 61.6 Å². The molecule has 1 N–H and O–H groups in total. The quantitative estimate of drug-likeness (QED) is 0.721. The van der Waals surface area contributed by atoms with Crippen molar-refractivity contribution in [3.05, 3.63) is 75.9 Å². The fourth-order valence-corrected chi connectivity index (χ4v) is 2.50. The second-order valence-electron chi connectivity index (χ2n) is 5.06. The average molecular weight is 355 g/mol. The normalized spacial score (nSPS) is 10.2. The summed E-state index contributed by atoms with van der Waals surface area (Å²) in [5, 5.41) is 13.2. The van der Waals surface area contributed by atoms with E-state index in [1.54, 1.807) is 36.5 Å². The summed E-state index contributed by atoms with van der Waals surface area (Å²) < 4.78 is 0. The monoisotopic (exact) mass is 354 g/mol. The van der Waals surface area contributed by atoms with Crippen LogP contribution in [-0.2, 0) is 6.54 Å². The van der Waals surface area contributed by atoms with Gasteiger partial charge in [0.2, 0.25) is 5.95 Å². The summed E-state index contributed by atoms with van der Waals surface area (Å²) in [5.74, 6) is 0.501. The maximum atomic E-state index is 9.00. The molecule has 0 aliphatic carbocycles. The maximum Gasteiger partial charge on any atom is 0.223 e. The number of benzene rings is 2. The smallest absolute Gasteiger partial charge is 0.223 e. The van der Waals surface area contributed by atoms with Crippen LogP contribution in [0, 0.1) is 11.3 Å². The van der Waals surface area contributed by atoms with E-state index < -0.39 is 0 Å². The van der Waals surface area contributed by atoms with Gasteiger partial charge in [0.1, 0.15) is 0 Å². The van der Waals surface area contributed by atoms with Crippen LogP contribution in [0.25, 0.3) is 11.3 Å². The van der Waals surface area contributed by atoms with Gasteiger partial charge in [-0.05, 0) is 35.9 Å². The summed E-state index contributed by atoms with van der Waals surface area (Å²) in [7, 11) is 0. The molecule has 2 aromatic carbocycles. The minimum absolute atomic E-state index is 0.501. The summed E-state index contributed by atoms with van der Waals surface area (Å²) in [6.45, 7) is 0.526. The van der Waals surface area contributed by atoms with Crippen LogP contribution in [0.2, 0.25) is 10.0 Å². The molecule has 0 aliphatic heterocycles. The van der Waals surface area contributed by atoms with Crippen molar-refractivity contribution in [3.63, 3.8) is 0 Å². The molecule has 0 atom stereocenters. The first kappa shape index (κ1) is 16.3. The zero-order valence-corrected chi connectivity index (χ0v) is 14.0. The average Bonchev–Trinajstić information content (AvgIpc) is 2.63. The number of nitrogens with zero attached hydrogens (tertiary/aromatic N) is 3. The zero-order valence-electron chi connectivity index (χ0n) is 12.5. The van der Waals surface area contributed by atoms with Gasteiger partial charge in [0.25, 0.3) is 0 Å². The molecular formula is C18H12Cl2N4.